The molecule has 2 rings (SSSR count). The maximum Gasteiger partial charge on any atom is 0.268 e. The van der Waals surface area contributed by atoms with Crippen LogP contribution in [0.2, 0.25) is 0 Å². The molecule has 0 aliphatic carbocycles. The van der Waals surface area contributed by atoms with Crippen LogP contribution >= 0.6 is 11.5 Å². The first-order chi connectivity index (χ1) is 5.29. The van der Waals surface area contributed by atoms with Crippen molar-refractivity contribution in [1.29, 1.82) is 0 Å². The van der Waals surface area contributed by atoms with Crippen LogP contribution in [0.25, 0.3) is 10.1 Å². The molecule has 0 saturated carbocycles. The lowest BCUT2D eigenvalue weighted by Crippen LogP contribution is -1.98. The topological polar surface area (TPSA) is 32.9 Å². The number of H-pyrrole nitrogens is 1. The van der Waals surface area contributed by atoms with Crippen LogP contribution in [0.4, 0.5) is 4.39 Å². The number of hydrogen-bond donors (Lipinski definition) is 1. The molecule has 0 bridgehead atoms. The van der Waals surface area contributed by atoms with Gasteiger partial charge in [0.05, 0.1) is 10.1 Å². The minimum Gasteiger partial charge on any atom is -0.277 e. The van der Waals surface area contributed by atoms with Crippen molar-refractivity contribution in [3.63, 3.8) is 0 Å². The van der Waals surface area contributed by atoms with Crippen LogP contribution in [0.15, 0.2) is 23.0 Å². The van der Waals surface area contributed by atoms with Gasteiger partial charge in [0.25, 0.3) is 5.56 Å². The van der Waals surface area contributed by atoms with Crippen LogP contribution < -0.4 is 5.56 Å². The van der Waals surface area contributed by atoms with Crippen LogP contribution in [0.3, 0.4) is 0 Å². The predicted molar refractivity (Wildman–Crippen MR) is 42.4 cm³/mol. The van der Waals surface area contributed by atoms with Crippen LogP contribution in [-0.4, -0.2) is 4.37 Å². The summed E-state index contributed by atoms with van der Waals surface area (Å²) in [6.45, 7) is 0. The van der Waals surface area contributed by atoms with Crippen LogP contribution in [0.1, 0.15) is 0 Å². The minimum absolute atomic E-state index is 0.164. The van der Waals surface area contributed by atoms with Gasteiger partial charge >= 0.3 is 0 Å². The Kier molecular flexibility index (Phi) is 1.29. The van der Waals surface area contributed by atoms with Gasteiger partial charge in [0, 0.05) is 0 Å². The summed E-state index contributed by atoms with van der Waals surface area (Å²) in [6, 6.07) is 4.58. The third-order valence-corrected chi connectivity index (χ3v) is 2.30. The third kappa shape index (κ3) is 0.867. The Hall–Kier alpha value is -1.16. The first-order valence-corrected chi connectivity index (χ1v) is 3.86. The van der Waals surface area contributed by atoms with Crippen molar-refractivity contribution < 1.29 is 4.39 Å². The number of aromatic amines is 1. The van der Waals surface area contributed by atoms with Gasteiger partial charge in [0.1, 0.15) is 5.82 Å². The zero-order valence-corrected chi connectivity index (χ0v) is 6.24. The molecule has 56 valence electrons. The van der Waals surface area contributed by atoms with Gasteiger partial charge in [-0.1, -0.05) is 17.6 Å². The molecular formula is C7H4FNOS. The normalized spacial score (nSPS) is 10.6. The lowest BCUT2D eigenvalue weighted by atomic mass is 10.3. The number of rotatable bonds is 0. The van der Waals surface area contributed by atoms with E-state index in [4.69, 9.17) is 0 Å². The number of aromatic nitrogens is 1. The molecule has 0 radical (unpaired) electrons. The molecule has 2 aromatic rings. The van der Waals surface area contributed by atoms with E-state index in [1.54, 1.807) is 12.1 Å². The fraction of sp³-hybridized carbons (Fsp3) is 0. The third-order valence-electron chi connectivity index (χ3n) is 1.46. The van der Waals surface area contributed by atoms with Gasteiger partial charge in [-0.05, 0) is 12.1 Å². The number of hydrogen-bond acceptors (Lipinski definition) is 2. The van der Waals surface area contributed by atoms with Gasteiger partial charge in [-0.2, -0.15) is 0 Å². The Labute approximate surface area is 65.4 Å². The van der Waals surface area contributed by atoms with E-state index in [-0.39, 0.29) is 10.9 Å². The maximum absolute atomic E-state index is 12.9. The lowest BCUT2D eigenvalue weighted by Gasteiger charge is -1.85. The summed E-state index contributed by atoms with van der Waals surface area (Å²) in [4.78, 5) is 10.9. The van der Waals surface area contributed by atoms with Crippen LogP contribution in [0, 0.1) is 5.82 Å². The van der Waals surface area contributed by atoms with E-state index in [0.29, 0.717) is 4.70 Å². The second-order valence-electron chi connectivity index (χ2n) is 2.15. The van der Waals surface area contributed by atoms with Crippen LogP contribution in [0.5, 0.6) is 0 Å². The first kappa shape index (κ1) is 6.54. The Morgan fingerprint density at radius 3 is 3.00 bits per heavy atom. The monoisotopic (exact) mass is 169 g/mol. The second-order valence-corrected chi connectivity index (χ2v) is 2.99. The summed E-state index contributed by atoms with van der Waals surface area (Å²) in [5.41, 5.74) is -0.344. The lowest BCUT2D eigenvalue weighted by molar-refractivity contribution is 0.639. The van der Waals surface area contributed by atoms with Crippen molar-refractivity contribution >= 4 is 21.6 Å². The first-order valence-electron chi connectivity index (χ1n) is 3.05. The quantitative estimate of drug-likeness (QED) is 0.640. The number of fused-ring (bicyclic) bond motifs is 1. The van der Waals surface area contributed by atoms with Crippen molar-refractivity contribution in [3.05, 3.63) is 34.4 Å². The van der Waals surface area contributed by atoms with Gasteiger partial charge in [0.15, 0.2) is 0 Å². The van der Waals surface area contributed by atoms with E-state index in [0.717, 1.165) is 11.5 Å². The van der Waals surface area contributed by atoms with Gasteiger partial charge in [-0.3, -0.25) is 9.17 Å². The van der Waals surface area contributed by atoms with Crippen molar-refractivity contribution in [2.24, 2.45) is 0 Å². The highest BCUT2D eigenvalue weighted by molar-refractivity contribution is 7.13. The highest BCUT2D eigenvalue weighted by atomic mass is 32.1. The zero-order valence-electron chi connectivity index (χ0n) is 5.43. The molecular weight excluding hydrogens is 165 g/mol. The highest BCUT2D eigenvalue weighted by Crippen LogP contribution is 2.15. The van der Waals surface area contributed by atoms with Gasteiger partial charge in [-0.15, -0.1) is 0 Å². The summed E-state index contributed by atoms with van der Waals surface area (Å²) >= 11 is 1.15. The van der Waals surface area contributed by atoms with E-state index >= 15 is 0 Å². The fourth-order valence-electron chi connectivity index (χ4n) is 0.962. The molecule has 0 unspecified atom stereocenters. The van der Waals surface area contributed by atoms with Crippen LogP contribution in [-0.2, 0) is 0 Å². The number of halogens is 1. The van der Waals surface area contributed by atoms with E-state index in [1.807, 2.05) is 0 Å². The molecule has 0 atom stereocenters. The Balaban J connectivity index is 3.08. The molecule has 1 N–H and O–H groups in total. The van der Waals surface area contributed by atoms with E-state index < -0.39 is 5.82 Å². The summed E-state index contributed by atoms with van der Waals surface area (Å²) in [5.74, 6) is -0.454. The summed E-state index contributed by atoms with van der Waals surface area (Å²) in [6.07, 6.45) is 0. The second kappa shape index (κ2) is 2.17. The molecule has 1 aromatic heterocycles. The average molecular weight is 169 g/mol. The summed E-state index contributed by atoms with van der Waals surface area (Å²) in [5, 5.41) is 0.164. The molecule has 0 saturated heterocycles. The fourth-order valence-corrected chi connectivity index (χ4v) is 1.71. The molecule has 0 aliphatic heterocycles. The van der Waals surface area contributed by atoms with E-state index in [1.165, 1.54) is 6.07 Å². The van der Waals surface area contributed by atoms with Crippen molar-refractivity contribution in [3.8, 4) is 0 Å². The molecule has 0 aliphatic rings. The molecule has 2 nitrogen and oxygen atoms in total. The average Bonchev–Trinajstić information content (AvgIpc) is 2.34. The smallest absolute Gasteiger partial charge is 0.268 e. The molecule has 1 aromatic carbocycles. The molecule has 0 amide bonds. The van der Waals surface area contributed by atoms with Gasteiger partial charge in [-0.25, -0.2) is 4.39 Å². The molecule has 1 heterocycles. The molecule has 0 spiro atoms. The number of nitrogens with one attached hydrogen (secondary N) is 1. The maximum atomic E-state index is 12.9. The Bertz CT molecular complexity index is 445. The zero-order chi connectivity index (χ0) is 7.84. The largest absolute Gasteiger partial charge is 0.277 e. The van der Waals surface area contributed by atoms with E-state index in [2.05, 4.69) is 4.37 Å². The van der Waals surface area contributed by atoms with E-state index in [9.17, 15) is 9.18 Å². The highest BCUT2D eigenvalue weighted by Gasteiger charge is 2.04. The Morgan fingerprint density at radius 1 is 1.45 bits per heavy atom. The van der Waals surface area contributed by atoms with Gasteiger partial charge < -0.3 is 0 Å². The SMILES string of the molecule is O=c1[nH]sc2cccc(F)c12. The number of benzene rings is 1. The van der Waals surface area contributed by atoms with Crippen molar-refractivity contribution in [2.45, 2.75) is 0 Å². The summed E-state index contributed by atoms with van der Waals surface area (Å²) < 4.78 is 16.0. The standard InChI is InChI=1S/C7H4FNOS/c8-4-2-1-3-5-6(4)7(10)9-11-5/h1-3H,(H,9,10). The predicted octanol–water partition coefficient (Wildman–Crippen LogP) is 1.73. The van der Waals surface area contributed by atoms with Crippen molar-refractivity contribution in [1.82, 2.24) is 4.37 Å². The summed E-state index contributed by atoms with van der Waals surface area (Å²) in [7, 11) is 0. The molecule has 0 fully saturated rings. The minimum atomic E-state index is -0.454. The molecule has 4 heteroatoms. The van der Waals surface area contributed by atoms with Gasteiger partial charge in [0.2, 0.25) is 0 Å². The Morgan fingerprint density at radius 2 is 2.27 bits per heavy atom. The van der Waals surface area contributed by atoms with Crippen molar-refractivity contribution in [2.75, 3.05) is 0 Å². The molecule has 11 heavy (non-hydrogen) atoms.